The molecule has 0 spiro atoms. The van der Waals surface area contributed by atoms with Gasteiger partial charge in [-0.3, -0.25) is 0 Å². The molecule has 0 rings (SSSR count). The number of hydrogen-bond acceptors (Lipinski definition) is 3. The first-order valence-electron chi connectivity index (χ1n) is 5.58. The lowest BCUT2D eigenvalue weighted by Gasteiger charge is -2.18. The highest BCUT2D eigenvalue weighted by molar-refractivity contribution is 4.60. The molecular weight excluding hydrogens is 178 g/mol. The van der Waals surface area contributed by atoms with E-state index in [9.17, 15) is 0 Å². The number of nitrogens with two attached hydrogens (primary N) is 1. The van der Waals surface area contributed by atoms with Crippen LogP contribution in [0.25, 0.3) is 0 Å². The smallest absolute Gasteiger partial charge is 0.0643 e. The Morgan fingerprint density at radius 3 is 1.57 bits per heavy atom. The summed E-state index contributed by atoms with van der Waals surface area (Å²) in [5, 5.41) is 0. The zero-order valence-corrected chi connectivity index (χ0v) is 9.95. The minimum atomic E-state index is -0.00185. The Balaban J connectivity index is 3.40. The molecule has 0 aromatic rings. The molecule has 0 aliphatic rings. The molecule has 14 heavy (non-hydrogen) atoms. The molecule has 3 heteroatoms. The van der Waals surface area contributed by atoms with Gasteiger partial charge in [-0.25, -0.2) is 0 Å². The molecule has 3 nitrogen and oxygen atoms in total. The van der Waals surface area contributed by atoms with Crippen LogP contribution in [-0.2, 0) is 9.47 Å². The van der Waals surface area contributed by atoms with Gasteiger partial charge in [0.2, 0.25) is 0 Å². The summed E-state index contributed by atoms with van der Waals surface area (Å²) in [4.78, 5) is 0. The largest absolute Gasteiger partial charge is 0.377 e. The number of rotatable bonds is 8. The summed E-state index contributed by atoms with van der Waals surface area (Å²) in [6.45, 7) is 9.50. The van der Waals surface area contributed by atoms with Crippen LogP contribution in [-0.4, -0.2) is 31.5 Å². The van der Waals surface area contributed by atoms with Gasteiger partial charge in [0.25, 0.3) is 0 Å². The molecule has 2 atom stereocenters. The van der Waals surface area contributed by atoms with Crippen molar-refractivity contribution < 1.29 is 9.47 Å². The van der Waals surface area contributed by atoms with Crippen LogP contribution in [0.2, 0.25) is 0 Å². The fourth-order valence-corrected chi connectivity index (χ4v) is 0.860. The van der Waals surface area contributed by atoms with Gasteiger partial charge in [-0.15, -0.1) is 0 Å². The second kappa shape index (κ2) is 8.21. The lowest BCUT2D eigenvalue weighted by atomic mass is 10.3. The summed E-state index contributed by atoms with van der Waals surface area (Å²) >= 11 is 0. The molecule has 0 heterocycles. The Bertz CT molecular complexity index is 116. The van der Waals surface area contributed by atoms with E-state index in [0.717, 1.165) is 12.8 Å². The van der Waals surface area contributed by atoms with Crippen LogP contribution in [0.4, 0.5) is 0 Å². The van der Waals surface area contributed by atoms with Gasteiger partial charge >= 0.3 is 0 Å². The minimum Gasteiger partial charge on any atom is -0.377 e. The molecular formula is C11H25NO2. The molecule has 0 fully saturated rings. The van der Waals surface area contributed by atoms with Crippen molar-refractivity contribution in [1.29, 1.82) is 0 Å². The molecule has 0 saturated heterocycles. The van der Waals surface area contributed by atoms with E-state index in [-0.39, 0.29) is 6.04 Å². The zero-order chi connectivity index (χ0) is 11.0. The Morgan fingerprint density at radius 2 is 1.29 bits per heavy atom. The highest BCUT2D eigenvalue weighted by Crippen LogP contribution is 1.99. The second-order valence-corrected chi connectivity index (χ2v) is 3.86. The van der Waals surface area contributed by atoms with Gasteiger partial charge in [0.15, 0.2) is 0 Å². The molecule has 0 aromatic carbocycles. The van der Waals surface area contributed by atoms with Crippen molar-refractivity contribution in [1.82, 2.24) is 0 Å². The SMILES string of the molecule is CCC(C)OCC(N)COC(C)CC. The van der Waals surface area contributed by atoms with Crippen LogP contribution >= 0.6 is 0 Å². The molecule has 0 aliphatic heterocycles. The summed E-state index contributed by atoms with van der Waals surface area (Å²) in [7, 11) is 0. The Labute approximate surface area is 88.0 Å². The quantitative estimate of drug-likeness (QED) is 0.655. The summed E-state index contributed by atoms with van der Waals surface area (Å²) in [6, 6.07) is -0.00185. The first-order chi connectivity index (χ1) is 6.60. The predicted molar refractivity (Wildman–Crippen MR) is 59.4 cm³/mol. The van der Waals surface area contributed by atoms with Crippen LogP contribution in [0, 0.1) is 0 Å². The van der Waals surface area contributed by atoms with Gasteiger partial charge in [0.05, 0.1) is 31.5 Å². The molecule has 86 valence electrons. The van der Waals surface area contributed by atoms with Crippen molar-refractivity contribution >= 4 is 0 Å². The van der Waals surface area contributed by atoms with Crippen LogP contribution < -0.4 is 5.73 Å². The van der Waals surface area contributed by atoms with Crippen LogP contribution in [0.3, 0.4) is 0 Å². The second-order valence-electron chi connectivity index (χ2n) is 3.86. The average molecular weight is 203 g/mol. The maximum Gasteiger partial charge on any atom is 0.0643 e. The summed E-state index contributed by atoms with van der Waals surface area (Å²) in [5.41, 5.74) is 5.83. The standard InChI is InChI=1S/C11H25NO2/c1-5-9(3)13-7-11(12)8-14-10(4)6-2/h9-11H,5-8,12H2,1-4H3. The third-order valence-corrected chi connectivity index (χ3v) is 2.34. The van der Waals surface area contributed by atoms with Crippen molar-refractivity contribution in [3.63, 3.8) is 0 Å². The Morgan fingerprint density at radius 1 is 0.929 bits per heavy atom. The van der Waals surface area contributed by atoms with Crippen molar-refractivity contribution in [2.75, 3.05) is 13.2 Å². The first kappa shape index (κ1) is 13.9. The lowest BCUT2D eigenvalue weighted by molar-refractivity contribution is 0.00870. The van der Waals surface area contributed by atoms with Crippen molar-refractivity contribution in [3.8, 4) is 0 Å². The van der Waals surface area contributed by atoms with Gasteiger partial charge < -0.3 is 15.2 Å². The highest BCUT2D eigenvalue weighted by Gasteiger charge is 2.07. The zero-order valence-electron chi connectivity index (χ0n) is 9.95. The minimum absolute atomic E-state index is 0.00185. The lowest BCUT2D eigenvalue weighted by Crippen LogP contribution is -2.34. The van der Waals surface area contributed by atoms with Crippen molar-refractivity contribution in [3.05, 3.63) is 0 Å². The third kappa shape index (κ3) is 7.30. The van der Waals surface area contributed by atoms with Gasteiger partial charge in [-0.1, -0.05) is 13.8 Å². The van der Waals surface area contributed by atoms with Gasteiger partial charge in [-0.2, -0.15) is 0 Å². The summed E-state index contributed by atoms with van der Waals surface area (Å²) in [6.07, 6.45) is 2.65. The highest BCUT2D eigenvalue weighted by atomic mass is 16.5. The Hall–Kier alpha value is -0.120. The predicted octanol–water partition coefficient (Wildman–Crippen LogP) is 1.94. The number of ether oxygens (including phenoxy) is 2. The van der Waals surface area contributed by atoms with E-state index in [1.807, 2.05) is 0 Å². The maximum absolute atomic E-state index is 5.83. The van der Waals surface area contributed by atoms with E-state index >= 15 is 0 Å². The van der Waals surface area contributed by atoms with Crippen LogP contribution in [0.5, 0.6) is 0 Å². The van der Waals surface area contributed by atoms with Crippen molar-refractivity contribution in [2.45, 2.75) is 58.8 Å². The molecule has 0 saturated carbocycles. The Kier molecular flexibility index (Phi) is 8.14. The van der Waals surface area contributed by atoms with E-state index in [1.165, 1.54) is 0 Å². The molecule has 0 aliphatic carbocycles. The fourth-order valence-electron chi connectivity index (χ4n) is 0.860. The van der Waals surface area contributed by atoms with E-state index in [2.05, 4.69) is 27.7 Å². The third-order valence-electron chi connectivity index (χ3n) is 2.34. The monoisotopic (exact) mass is 203 g/mol. The van der Waals surface area contributed by atoms with E-state index in [1.54, 1.807) is 0 Å². The van der Waals surface area contributed by atoms with E-state index in [0.29, 0.717) is 25.4 Å². The molecule has 0 aromatic heterocycles. The molecule has 0 radical (unpaired) electrons. The summed E-state index contributed by atoms with van der Waals surface area (Å²) < 4.78 is 11.0. The number of hydrogen-bond donors (Lipinski definition) is 1. The van der Waals surface area contributed by atoms with Crippen LogP contribution in [0.15, 0.2) is 0 Å². The molecule has 2 unspecified atom stereocenters. The van der Waals surface area contributed by atoms with Gasteiger partial charge in [0, 0.05) is 0 Å². The topological polar surface area (TPSA) is 44.5 Å². The molecule has 0 amide bonds. The van der Waals surface area contributed by atoms with E-state index in [4.69, 9.17) is 15.2 Å². The maximum atomic E-state index is 5.83. The molecule has 0 bridgehead atoms. The average Bonchev–Trinajstić information content (AvgIpc) is 2.22. The first-order valence-corrected chi connectivity index (χ1v) is 5.58. The van der Waals surface area contributed by atoms with Crippen LogP contribution in [0.1, 0.15) is 40.5 Å². The molecule has 2 N–H and O–H groups in total. The van der Waals surface area contributed by atoms with E-state index < -0.39 is 0 Å². The fraction of sp³-hybridized carbons (Fsp3) is 1.00. The summed E-state index contributed by atoms with van der Waals surface area (Å²) in [5.74, 6) is 0. The van der Waals surface area contributed by atoms with Gasteiger partial charge in [-0.05, 0) is 26.7 Å². The van der Waals surface area contributed by atoms with Gasteiger partial charge in [0.1, 0.15) is 0 Å². The normalized spacial score (nSPS) is 17.8. The van der Waals surface area contributed by atoms with Crippen molar-refractivity contribution in [2.24, 2.45) is 5.73 Å².